The molecular formula is C16H19N3O. The summed E-state index contributed by atoms with van der Waals surface area (Å²) >= 11 is 0. The average molecular weight is 269 g/mol. The summed E-state index contributed by atoms with van der Waals surface area (Å²) in [5, 5.41) is 6.40. The van der Waals surface area contributed by atoms with Crippen molar-refractivity contribution >= 4 is 21.8 Å². The van der Waals surface area contributed by atoms with E-state index in [0.717, 1.165) is 41.2 Å². The van der Waals surface area contributed by atoms with Gasteiger partial charge < -0.3 is 4.57 Å². The van der Waals surface area contributed by atoms with E-state index in [1.54, 1.807) is 4.68 Å². The maximum absolute atomic E-state index is 12.7. The molecule has 0 spiro atoms. The molecule has 0 unspecified atom stereocenters. The number of fused-ring (bicyclic) bond motifs is 3. The SMILES string of the molecule is CCCCn1ncc2c3ccccc3n(CC)c2c1=O. The molecule has 0 amide bonds. The van der Waals surface area contributed by atoms with E-state index < -0.39 is 0 Å². The summed E-state index contributed by atoms with van der Waals surface area (Å²) in [7, 11) is 0. The van der Waals surface area contributed by atoms with Gasteiger partial charge in [-0.3, -0.25) is 4.79 Å². The van der Waals surface area contributed by atoms with Gasteiger partial charge in [-0.2, -0.15) is 5.10 Å². The molecule has 2 heterocycles. The van der Waals surface area contributed by atoms with Crippen LogP contribution in [0.1, 0.15) is 26.7 Å². The molecule has 0 aliphatic rings. The van der Waals surface area contributed by atoms with Crippen molar-refractivity contribution in [3.8, 4) is 0 Å². The van der Waals surface area contributed by atoms with Crippen LogP contribution in [0.4, 0.5) is 0 Å². The molecule has 20 heavy (non-hydrogen) atoms. The number of hydrogen-bond acceptors (Lipinski definition) is 2. The molecule has 2 aromatic heterocycles. The van der Waals surface area contributed by atoms with Crippen molar-refractivity contribution in [2.75, 3.05) is 0 Å². The number of benzene rings is 1. The smallest absolute Gasteiger partial charge is 0.291 e. The largest absolute Gasteiger partial charge is 0.336 e. The van der Waals surface area contributed by atoms with Crippen molar-refractivity contribution in [2.24, 2.45) is 0 Å². The van der Waals surface area contributed by atoms with E-state index in [-0.39, 0.29) is 5.56 Å². The lowest BCUT2D eigenvalue weighted by molar-refractivity contribution is 0.545. The lowest BCUT2D eigenvalue weighted by atomic mass is 10.2. The third kappa shape index (κ3) is 1.83. The molecule has 4 nitrogen and oxygen atoms in total. The van der Waals surface area contributed by atoms with Crippen LogP contribution in [0.5, 0.6) is 0 Å². The van der Waals surface area contributed by atoms with Crippen LogP contribution in [-0.2, 0) is 13.1 Å². The predicted octanol–water partition coefficient (Wildman–Crippen LogP) is 3.17. The second-order valence-electron chi connectivity index (χ2n) is 5.05. The maximum Gasteiger partial charge on any atom is 0.291 e. The maximum atomic E-state index is 12.7. The zero-order valence-corrected chi connectivity index (χ0v) is 12.0. The van der Waals surface area contributed by atoms with E-state index in [1.165, 1.54) is 0 Å². The van der Waals surface area contributed by atoms with Crippen LogP contribution < -0.4 is 5.56 Å². The number of aromatic nitrogens is 3. The molecule has 104 valence electrons. The quantitative estimate of drug-likeness (QED) is 0.730. The van der Waals surface area contributed by atoms with Crippen molar-refractivity contribution in [3.63, 3.8) is 0 Å². The summed E-state index contributed by atoms with van der Waals surface area (Å²) in [4.78, 5) is 12.7. The lowest BCUT2D eigenvalue weighted by Gasteiger charge is -2.05. The van der Waals surface area contributed by atoms with Gasteiger partial charge in [-0.15, -0.1) is 0 Å². The Kier molecular flexibility index (Phi) is 3.30. The van der Waals surface area contributed by atoms with E-state index >= 15 is 0 Å². The molecule has 0 aliphatic carbocycles. The van der Waals surface area contributed by atoms with Gasteiger partial charge in [-0.1, -0.05) is 31.5 Å². The molecule has 0 aliphatic heterocycles. The van der Waals surface area contributed by atoms with Crippen LogP contribution in [0.3, 0.4) is 0 Å². The Bertz CT molecular complexity index is 814. The summed E-state index contributed by atoms with van der Waals surface area (Å²) in [5.74, 6) is 0. The number of para-hydroxylation sites is 1. The van der Waals surface area contributed by atoms with E-state index in [0.29, 0.717) is 6.54 Å². The Balaban J connectivity index is 2.36. The highest BCUT2D eigenvalue weighted by atomic mass is 16.1. The number of unbranched alkanes of at least 4 members (excludes halogenated alkanes) is 1. The Morgan fingerprint density at radius 2 is 1.95 bits per heavy atom. The minimum atomic E-state index is 0.0222. The van der Waals surface area contributed by atoms with Crippen LogP contribution in [-0.4, -0.2) is 14.3 Å². The van der Waals surface area contributed by atoms with Gasteiger partial charge in [0.05, 0.1) is 6.20 Å². The number of hydrogen-bond donors (Lipinski definition) is 0. The summed E-state index contributed by atoms with van der Waals surface area (Å²) < 4.78 is 3.69. The normalized spacial score (nSPS) is 11.5. The molecule has 1 aromatic carbocycles. The fourth-order valence-electron chi connectivity index (χ4n) is 2.79. The molecule has 0 N–H and O–H groups in total. The lowest BCUT2D eigenvalue weighted by Crippen LogP contribution is -2.24. The molecular weight excluding hydrogens is 250 g/mol. The highest BCUT2D eigenvalue weighted by molar-refractivity contribution is 6.07. The molecule has 0 bridgehead atoms. The third-order valence-corrected chi connectivity index (χ3v) is 3.81. The highest BCUT2D eigenvalue weighted by Crippen LogP contribution is 2.25. The molecule has 0 saturated carbocycles. The van der Waals surface area contributed by atoms with Crippen LogP contribution in [0.25, 0.3) is 21.8 Å². The fraction of sp³-hybridized carbons (Fsp3) is 0.375. The Hall–Kier alpha value is -2.10. The van der Waals surface area contributed by atoms with Crippen LogP contribution in [0.15, 0.2) is 35.3 Å². The summed E-state index contributed by atoms with van der Waals surface area (Å²) in [5.41, 5.74) is 1.91. The molecule has 0 radical (unpaired) electrons. The average Bonchev–Trinajstić information content (AvgIpc) is 2.81. The standard InChI is InChI=1S/C16H19N3O/c1-3-5-10-19-16(20)15-13(11-17-19)12-8-6-7-9-14(12)18(15)4-2/h6-9,11H,3-5,10H2,1-2H3. The molecule has 0 fully saturated rings. The first-order valence-corrected chi connectivity index (χ1v) is 7.25. The summed E-state index contributed by atoms with van der Waals surface area (Å²) in [6.45, 7) is 5.67. The van der Waals surface area contributed by atoms with Gasteiger partial charge in [0, 0.05) is 29.4 Å². The molecule has 3 aromatic rings. The van der Waals surface area contributed by atoms with Crippen LogP contribution >= 0.6 is 0 Å². The van der Waals surface area contributed by atoms with E-state index in [2.05, 4.69) is 35.6 Å². The topological polar surface area (TPSA) is 39.8 Å². The van der Waals surface area contributed by atoms with Crippen LogP contribution in [0, 0.1) is 0 Å². The van der Waals surface area contributed by atoms with E-state index in [1.807, 2.05) is 18.3 Å². The fourth-order valence-corrected chi connectivity index (χ4v) is 2.79. The second kappa shape index (κ2) is 5.12. The van der Waals surface area contributed by atoms with Gasteiger partial charge >= 0.3 is 0 Å². The van der Waals surface area contributed by atoms with Gasteiger partial charge in [-0.25, -0.2) is 4.68 Å². The van der Waals surface area contributed by atoms with Crippen molar-refractivity contribution < 1.29 is 0 Å². The van der Waals surface area contributed by atoms with Gasteiger partial charge in [0.2, 0.25) is 0 Å². The molecule has 0 atom stereocenters. The van der Waals surface area contributed by atoms with Gasteiger partial charge in [0.15, 0.2) is 0 Å². The van der Waals surface area contributed by atoms with Crippen molar-refractivity contribution in [1.82, 2.24) is 14.3 Å². The first kappa shape index (κ1) is 12.9. The minimum Gasteiger partial charge on any atom is -0.336 e. The predicted molar refractivity (Wildman–Crippen MR) is 82.1 cm³/mol. The highest BCUT2D eigenvalue weighted by Gasteiger charge is 2.14. The van der Waals surface area contributed by atoms with Crippen molar-refractivity contribution in [2.45, 2.75) is 39.8 Å². The first-order chi connectivity index (χ1) is 9.77. The van der Waals surface area contributed by atoms with Gasteiger partial charge in [0.25, 0.3) is 5.56 Å². The number of nitrogens with zero attached hydrogens (tertiary/aromatic N) is 3. The Morgan fingerprint density at radius 1 is 1.15 bits per heavy atom. The van der Waals surface area contributed by atoms with Crippen LogP contribution in [0.2, 0.25) is 0 Å². The Labute approximate surface area is 117 Å². The summed E-state index contributed by atoms with van der Waals surface area (Å²) in [6, 6.07) is 8.14. The third-order valence-electron chi connectivity index (χ3n) is 3.81. The molecule has 3 rings (SSSR count). The first-order valence-electron chi connectivity index (χ1n) is 7.25. The minimum absolute atomic E-state index is 0.0222. The van der Waals surface area contributed by atoms with Crippen molar-refractivity contribution in [3.05, 3.63) is 40.8 Å². The zero-order valence-electron chi connectivity index (χ0n) is 12.0. The van der Waals surface area contributed by atoms with Gasteiger partial charge in [-0.05, 0) is 19.4 Å². The number of aryl methyl sites for hydroxylation is 2. The summed E-state index contributed by atoms with van der Waals surface area (Å²) in [6.07, 6.45) is 3.87. The molecule has 4 heteroatoms. The monoisotopic (exact) mass is 269 g/mol. The van der Waals surface area contributed by atoms with E-state index in [9.17, 15) is 4.79 Å². The number of rotatable bonds is 4. The second-order valence-corrected chi connectivity index (χ2v) is 5.05. The van der Waals surface area contributed by atoms with Gasteiger partial charge in [0.1, 0.15) is 5.52 Å². The zero-order chi connectivity index (χ0) is 14.1. The molecule has 0 saturated heterocycles. The van der Waals surface area contributed by atoms with E-state index in [4.69, 9.17) is 0 Å². The van der Waals surface area contributed by atoms with Crippen molar-refractivity contribution in [1.29, 1.82) is 0 Å². The Morgan fingerprint density at radius 3 is 2.70 bits per heavy atom.